The number of imidazole rings is 1. The van der Waals surface area contributed by atoms with E-state index in [9.17, 15) is 0 Å². The van der Waals surface area contributed by atoms with Gasteiger partial charge in [0.2, 0.25) is 0 Å². The fourth-order valence-electron chi connectivity index (χ4n) is 2.06. The predicted octanol–water partition coefficient (Wildman–Crippen LogP) is 2.58. The summed E-state index contributed by atoms with van der Waals surface area (Å²) in [6.07, 6.45) is 1.76. The van der Waals surface area contributed by atoms with Gasteiger partial charge in [-0.1, -0.05) is 0 Å². The van der Waals surface area contributed by atoms with Crippen LogP contribution in [0.2, 0.25) is 0 Å². The maximum atomic E-state index is 5.75. The number of pyridine rings is 1. The number of nitrogens with zero attached hydrogens (tertiary/aromatic N) is 5. The van der Waals surface area contributed by atoms with E-state index in [0.29, 0.717) is 11.5 Å². The highest BCUT2D eigenvalue weighted by atomic mass is 79.9. The molecular weight excluding hydrogens is 348 g/mol. The Morgan fingerprint density at radius 1 is 1.40 bits per heavy atom. The molecule has 0 amide bonds. The number of nitrogens with two attached hydrogens (primary N) is 1. The molecule has 0 radical (unpaired) electrons. The number of aryl methyl sites for hydroxylation is 2. The summed E-state index contributed by atoms with van der Waals surface area (Å²) in [6.45, 7) is 4.66. The van der Waals surface area contributed by atoms with Crippen LogP contribution < -0.4 is 5.73 Å². The van der Waals surface area contributed by atoms with Gasteiger partial charge in [-0.05, 0) is 40.1 Å². The molecule has 0 saturated heterocycles. The maximum Gasteiger partial charge on any atom is 0.199 e. The lowest BCUT2D eigenvalue weighted by Gasteiger charge is -2.05. The summed E-state index contributed by atoms with van der Waals surface area (Å²) in [5.74, 6) is 0.861. The van der Waals surface area contributed by atoms with Crippen molar-refractivity contribution in [1.29, 1.82) is 0 Å². The Morgan fingerprint density at radius 2 is 2.15 bits per heavy atom. The van der Waals surface area contributed by atoms with Crippen molar-refractivity contribution in [3.8, 4) is 11.5 Å². The van der Waals surface area contributed by atoms with Crippen LogP contribution in [0.1, 0.15) is 12.6 Å². The summed E-state index contributed by atoms with van der Waals surface area (Å²) in [5, 5.41) is 7.41. The van der Waals surface area contributed by atoms with Crippen LogP contribution in [-0.4, -0.2) is 24.8 Å². The first kappa shape index (κ1) is 14.7. The summed E-state index contributed by atoms with van der Waals surface area (Å²) in [7, 11) is 0. The van der Waals surface area contributed by atoms with Crippen LogP contribution in [0.3, 0.4) is 0 Å². The Bertz CT molecular complexity index is 768. The summed E-state index contributed by atoms with van der Waals surface area (Å²) in [4.78, 5) is 8.86. The molecule has 3 aromatic rings. The SMILES string of the molecule is CCn1c(-c2nonc2N)nc2c(C)ncc(Br)c21.Cl. The molecule has 9 heteroatoms. The monoisotopic (exact) mass is 358 g/mol. The topological polar surface area (TPSA) is 95.7 Å². The van der Waals surface area contributed by atoms with E-state index >= 15 is 0 Å². The number of nitrogen functional groups attached to an aromatic ring is 1. The van der Waals surface area contributed by atoms with Crippen molar-refractivity contribution >= 4 is 45.2 Å². The van der Waals surface area contributed by atoms with Gasteiger partial charge in [-0.25, -0.2) is 9.61 Å². The molecular formula is C11H12BrClN6O. The molecule has 7 nitrogen and oxygen atoms in total. The average Bonchev–Trinajstić information content (AvgIpc) is 2.97. The first-order valence-electron chi connectivity index (χ1n) is 5.73. The summed E-state index contributed by atoms with van der Waals surface area (Å²) >= 11 is 3.50. The van der Waals surface area contributed by atoms with E-state index in [-0.39, 0.29) is 18.2 Å². The molecule has 0 atom stereocenters. The van der Waals surface area contributed by atoms with Gasteiger partial charge >= 0.3 is 0 Å². The normalized spacial score (nSPS) is 10.8. The van der Waals surface area contributed by atoms with Crippen molar-refractivity contribution in [3.05, 3.63) is 16.4 Å². The second kappa shape index (κ2) is 5.37. The van der Waals surface area contributed by atoms with Gasteiger partial charge < -0.3 is 10.3 Å². The Hall–Kier alpha value is -1.67. The molecule has 3 aromatic heterocycles. The summed E-state index contributed by atoms with van der Waals surface area (Å²) in [6, 6.07) is 0. The van der Waals surface area contributed by atoms with Crippen molar-refractivity contribution in [2.75, 3.05) is 5.73 Å². The third-order valence-corrected chi connectivity index (χ3v) is 3.53. The van der Waals surface area contributed by atoms with E-state index in [1.807, 2.05) is 18.4 Å². The number of hydrogen-bond acceptors (Lipinski definition) is 6. The lowest BCUT2D eigenvalue weighted by molar-refractivity contribution is 0.310. The molecule has 0 aliphatic carbocycles. The molecule has 0 aliphatic heterocycles. The van der Waals surface area contributed by atoms with Crippen LogP contribution in [0.4, 0.5) is 5.82 Å². The molecule has 0 saturated carbocycles. The first-order chi connectivity index (χ1) is 9.13. The Morgan fingerprint density at radius 3 is 2.75 bits per heavy atom. The molecule has 3 heterocycles. The quantitative estimate of drug-likeness (QED) is 0.755. The number of fused-ring (bicyclic) bond motifs is 1. The zero-order valence-corrected chi connectivity index (χ0v) is 13.2. The molecule has 0 aliphatic rings. The Balaban J connectivity index is 0.00000147. The molecule has 106 valence electrons. The van der Waals surface area contributed by atoms with Gasteiger partial charge in [0.15, 0.2) is 17.3 Å². The van der Waals surface area contributed by atoms with Gasteiger partial charge in [-0.2, -0.15) is 0 Å². The van der Waals surface area contributed by atoms with Crippen molar-refractivity contribution in [2.24, 2.45) is 0 Å². The average molecular weight is 360 g/mol. The number of halogens is 2. The minimum atomic E-state index is 0. The van der Waals surface area contributed by atoms with E-state index in [1.54, 1.807) is 6.20 Å². The second-order valence-corrected chi connectivity index (χ2v) is 4.92. The Labute approximate surface area is 129 Å². The maximum absolute atomic E-state index is 5.75. The minimum Gasteiger partial charge on any atom is -0.379 e. The van der Waals surface area contributed by atoms with Crippen LogP contribution in [0, 0.1) is 6.92 Å². The zero-order chi connectivity index (χ0) is 13.6. The molecule has 20 heavy (non-hydrogen) atoms. The standard InChI is InChI=1S/C11H11BrN6O.ClH/c1-3-18-9-6(12)4-14-5(2)7(9)15-11(18)8-10(13)17-19-16-8;/h4H,3H2,1-2H3,(H2,13,17);1H. The fourth-order valence-corrected chi connectivity index (χ4v) is 2.57. The number of aromatic nitrogens is 5. The molecule has 0 unspecified atom stereocenters. The molecule has 0 bridgehead atoms. The Kier molecular flexibility index (Phi) is 3.96. The van der Waals surface area contributed by atoms with E-state index in [2.05, 4.69) is 40.8 Å². The number of anilines is 1. The largest absolute Gasteiger partial charge is 0.379 e. The van der Waals surface area contributed by atoms with Gasteiger partial charge in [-0.15, -0.1) is 12.4 Å². The van der Waals surface area contributed by atoms with Crippen molar-refractivity contribution in [1.82, 2.24) is 24.8 Å². The first-order valence-corrected chi connectivity index (χ1v) is 6.52. The van der Waals surface area contributed by atoms with E-state index in [0.717, 1.165) is 27.7 Å². The van der Waals surface area contributed by atoms with Crippen LogP contribution in [0.5, 0.6) is 0 Å². The van der Waals surface area contributed by atoms with Crippen LogP contribution >= 0.6 is 28.3 Å². The summed E-state index contributed by atoms with van der Waals surface area (Å²) < 4.78 is 7.53. The second-order valence-electron chi connectivity index (χ2n) is 4.07. The van der Waals surface area contributed by atoms with E-state index in [4.69, 9.17) is 5.73 Å². The molecule has 2 N–H and O–H groups in total. The molecule has 0 fully saturated rings. The minimum absolute atomic E-state index is 0. The molecule has 3 rings (SSSR count). The smallest absolute Gasteiger partial charge is 0.199 e. The van der Waals surface area contributed by atoms with Crippen LogP contribution in [0.15, 0.2) is 15.3 Å². The number of hydrogen-bond donors (Lipinski definition) is 1. The van der Waals surface area contributed by atoms with Gasteiger partial charge in [0, 0.05) is 12.7 Å². The third-order valence-electron chi connectivity index (χ3n) is 2.95. The van der Waals surface area contributed by atoms with E-state index < -0.39 is 0 Å². The van der Waals surface area contributed by atoms with Crippen molar-refractivity contribution in [3.63, 3.8) is 0 Å². The lowest BCUT2D eigenvalue weighted by Crippen LogP contribution is -2.00. The predicted molar refractivity (Wildman–Crippen MR) is 80.6 cm³/mol. The van der Waals surface area contributed by atoms with Crippen LogP contribution in [-0.2, 0) is 6.54 Å². The van der Waals surface area contributed by atoms with Gasteiger partial charge in [0.05, 0.1) is 15.7 Å². The van der Waals surface area contributed by atoms with Gasteiger partial charge in [0.1, 0.15) is 5.52 Å². The highest BCUT2D eigenvalue weighted by Gasteiger charge is 2.20. The molecule has 0 aromatic carbocycles. The van der Waals surface area contributed by atoms with Crippen molar-refractivity contribution < 1.29 is 4.63 Å². The number of rotatable bonds is 2. The third kappa shape index (κ3) is 2.04. The van der Waals surface area contributed by atoms with E-state index in [1.165, 1.54) is 0 Å². The van der Waals surface area contributed by atoms with Gasteiger partial charge in [0.25, 0.3) is 0 Å². The molecule has 0 spiro atoms. The highest BCUT2D eigenvalue weighted by molar-refractivity contribution is 9.10. The lowest BCUT2D eigenvalue weighted by atomic mass is 10.3. The van der Waals surface area contributed by atoms with Crippen LogP contribution in [0.25, 0.3) is 22.6 Å². The zero-order valence-electron chi connectivity index (χ0n) is 10.8. The van der Waals surface area contributed by atoms with Gasteiger partial charge in [-0.3, -0.25) is 4.98 Å². The summed E-state index contributed by atoms with van der Waals surface area (Å²) in [5.41, 5.74) is 8.82. The van der Waals surface area contributed by atoms with Crippen molar-refractivity contribution in [2.45, 2.75) is 20.4 Å². The highest BCUT2D eigenvalue weighted by Crippen LogP contribution is 2.31. The fraction of sp³-hybridized carbons (Fsp3) is 0.273.